The second kappa shape index (κ2) is 7.16. The molecule has 18 heavy (non-hydrogen) atoms. The number of nitrogen functional groups attached to an aromatic ring is 1. The van der Waals surface area contributed by atoms with Crippen molar-refractivity contribution in [3.05, 3.63) is 24.3 Å². The number of nitrogens with zero attached hydrogens (tertiary/aromatic N) is 1. The van der Waals surface area contributed by atoms with E-state index in [1.807, 2.05) is 25.4 Å². The van der Waals surface area contributed by atoms with Crippen LogP contribution in [-0.4, -0.2) is 36.0 Å². The van der Waals surface area contributed by atoms with Crippen molar-refractivity contribution >= 4 is 29.2 Å². The Hall–Kier alpha value is -1.36. The molecule has 0 radical (unpaired) electrons. The number of hydrogen-bond donors (Lipinski definition) is 2. The number of nitrogens with two attached hydrogens (primary N) is 1. The van der Waals surface area contributed by atoms with E-state index in [1.165, 1.54) is 0 Å². The van der Waals surface area contributed by atoms with Gasteiger partial charge in [0.2, 0.25) is 0 Å². The monoisotopic (exact) mass is 267 g/mol. The van der Waals surface area contributed by atoms with Crippen LogP contribution < -0.4 is 11.1 Å². The van der Waals surface area contributed by atoms with E-state index in [1.54, 1.807) is 28.8 Å². The van der Waals surface area contributed by atoms with Gasteiger partial charge in [-0.05, 0) is 30.9 Å². The SMILES string of the molecule is CCC(CSC)N(C)C(=O)Nc1cccc(N)c1. The lowest BCUT2D eigenvalue weighted by atomic mass is 10.2. The summed E-state index contributed by atoms with van der Waals surface area (Å²) in [5.74, 6) is 0.942. The summed E-state index contributed by atoms with van der Waals surface area (Å²) in [6.45, 7) is 2.09. The molecule has 0 bridgehead atoms. The number of anilines is 2. The third-order valence-corrected chi connectivity index (χ3v) is 3.55. The maximum Gasteiger partial charge on any atom is 0.321 e. The van der Waals surface area contributed by atoms with Crippen LogP contribution in [-0.2, 0) is 0 Å². The lowest BCUT2D eigenvalue weighted by Gasteiger charge is -2.27. The molecule has 5 heteroatoms. The number of nitrogens with one attached hydrogen (secondary N) is 1. The Bertz CT molecular complexity index is 398. The molecule has 1 atom stereocenters. The Kier molecular flexibility index (Phi) is 5.85. The zero-order chi connectivity index (χ0) is 13.5. The molecule has 100 valence electrons. The fraction of sp³-hybridized carbons (Fsp3) is 0.462. The Morgan fingerprint density at radius 1 is 1.56 bits per heavy atom. The lowest BCUT2D eigenvalue weighted by Crippen LogP contribution is -2.41. The van der Waals surface area contributed by atoms with Gasteiger partial charge < -0.3 is 16.0 Å². The minimum absolute atomic E-state index is 0.0958. The maximum absolute atomic E-state index is 12.1. The largest absolute Gasteiger partial charge is 0.399 e. The summed E-state index contributed by atoms with van der Waals surface area (Å²) < 4.78 is 0. The zero-order valence-electron chi connectivity index (χ0n) is 11.1. The third-order valence-electron chi connectivity index (χ3n) is 2.84. The number of urea groups is 1. The van der Waals surface area contributed by atoms with Crippen molar-refractivity contribution in [2.45, 2.75) is 19.4 Å². The molecule has 0 aromatic heterocycles. The van der Waals surface area contributed by atoms with Gasteiger partial charge in [0.1, 0.15) is 0 Å². The minimum Gasteiger partial charge on any atom is -0.399 e. The number of hydrogen-bond acceptors (Lipinski definition) is 3. The van der Waals surface area contributed by atoms with Gasteiger partial charge in [0, 0.05) is 30.2 Å². The number of benzene rings is 1. The smallest absolute Gasteiger partial charge is 0.321 e. The van der Waals surface area contributed by atoms with Crippen molar-refractivity contribution in [1.82, 2.24) is 4.90 Å². The Morgan fingerprint density at radius 3 is 2.83 bits per heavy atom. The molecule has 0 fully saturated rings. The van der Waals surface area contributed by atoms with Crippen molar-refractivity contribution in [3.8, 4) is 0 Å². The quantitative estimate of drug-likeness (QED) is 0.806. The molecular weight excluding hydrogens is 246 g/mol. The highest BCUT2D eigenvalue weighted by Crippen LogP contribution is 2.14. The summed E-state index contributed by atoms with van der Waals surface area (Å²) in [6, 6.07) is 7.35. The van der Waals surface area contributed by atoms with Crippen LogP contribution in [0.4, 0.5) is 16.2 Å². The van der Waals surface area contributed by atoms with Gasteiger partial charge in [0.25, 0.3) is 0 Å². The summed E-state index contributed by atoms with van der Waals surface area (Å²) >= 11 is 1.75. The molecule has 0 aliphatic rings. The number of amides is 2. The van der Waals surface area contributed by atoms with Gasteiger partial charge >= 0.3 is 6.03 Å². The molecule has 1 unspecified atom stereocenters. The van der Waals surface area contributed by atoms with Crippen molar-refractivity contribution in [1.29, 1.82) is 0 Å². The summed E-state index contributed by atoms with van der Waals surface area (Å²) in [6.07, 6.45) is 2.99. The first-order chi connectivity index (χ1) is 8.58. The molecule has 0 saturated heterocycles. The molecule has 1 rings (SSSR count). The molecule has 0 heterocycles. The van der Waals surface area contributed by atoms with Crippen LogP contribution in [0.5, 0.6) is 0 Å². The fourth-order valence-corrected chi connectivity index (χ4v) is 2.53. The van der Waals surface area contributed by atoms with Crippen LogP contribution in [0.2, 0.25) is 0 Å². The summed E-state index contributed by atoms with van der Waals surface area (Å²) in [7, 11) is 1.83. The molecule has 0 aliphatic carbocycles. The van der Waals surface area contributed by atoms with E-state index in [0.29, 0.717) is 5.69 Å². The van der Waals surface area contributed by atoms with Crippen LogP contribution in [0.25, 0.3) is 0 Å². The fourth-order valence-electron chi connectivity index (χ4n) is 1.69. The van der Waals surface area contributed by atoms with E-state index < -0.39 is 0 Å². The summed E-state index contributed by atoms with van der Waals surface area (Å²) in [5.41, 5.74) is 7.05. The van der Waals surface area contributed by atoms with Crippen molar-refractivity contribution in [2.75, 3.05) is 30.1 Å². The Balaban J connectivity index is 2.64. The molecule has 0 aliphatic heterocycles. The van der Waals surface area contributed by atoms with E-state index in [4.69, 9.17) is 5.73 Å². The van der Waals surface area contributed by atoms with Crippen LogP contribution in [0.3, 0.4) is 0 Å². The second-order valence-corrected chi connectivity index (χ2v) is 5.09. The highest BCUT2D eigenvalue weighted by Gasteiger charge is 2.17. The molecule has 1 aromatic carbocycles. The maximum atomic E-state index is 12.1. The Labute approximate surface area is 113 Å². The van der Waals surface area contributed by atoms with Crippen LogP contribution >= 0.6 is 11.8 Å². The molecule has 0 spiro atoms. The highest BCUT2D eigenvalue weighted by molar-refractivity contribution is 7.98. The van der Waals surface area contributed by atoms with Gasteiger partial charge in [-0.1, -0.05) is 13.0 Å². The predicted molar refractivity (Wildman–Crippen MR) is 80.1 cm³/mol. The molecule has 0 saturated carbocycles. The van der Waals surface area contributed by atoms with Gasteiger partial charge in [-0.3, -0.25) is 0 Å². The molecule has 2 amide bonds. The zero-order valence-corrected chi connectivity index (χ0v) is 12.0. The van der Waals surface area contributed by atoms with E-state index in [-0.39, 0.29) is 12.1 Å². The van der Waals surface area contributed by atoms with Crippen molar-refractivity contribution < 1.29 is 4.79 Å². The second-order valence-electron chi connectivity index (χ2n) is 4.18. The Morgan fingerprint density at radius 2 is 2.28 bits per heavy atom. The van der Waals surface area contributed by atoms with Gasteiger partial charge in [-0.2, -0.15) is 11.8 Å². The molecular formula is C13H21N3OS. The van der Waals surface area contributed by atoms with Crippen LogP contribution in [0, 0.1) is 0 Å². The van der Waals surface area contributed by atoms with Gasteiger partial charge in [0.05, 0.1) is 0 Å². The lowest BCUT2D eigenvalue weighted by molar-refractivity contribution is 0.207. The molecule has 4 nitrogen and oxygen atoms in total. The van der Waals surface area contributed by atoms with Gasteiger partial charge in [0.15, 0.2) is 0 Å². The van der Waals surface area contributed by atoms with Crippen LogP contribution in [0.15, 0.2) is 24.3 Å². The first-order valence-electron chi connectivity index (χ1n) is 5.96. The first-order valence-corrected chi connectivity index (χ1v) is 7.36. The van der Waals surface area contributed by atoms with E-state index in [2.05, 4.69) is 12.2 Å². The minimum atomic E-state index is -0.0958. The standard InChI is InChI=1S/C13H21N3OS/c1-4-12(9-18-3)16(2)13(17)15-11-7-5-6-10(14)8-11/h5-8,12H,4,9,14H2,1-3H3,(H,15,17). The number of carbonyl (C=O) groups is 1. The van der Waals surface area contributed by atoms with Crippen LogP contribution in [0.1, 0.15) is 13.3 Å². The average Bonchev–Trinajstić information content (AvgIpc) is 2.35. The van der Waals surface area contributed by atoms with E-state index >= 15 is 0 Å². The molecule has 3 N–H and O–H groups in total. The predicted octanol–water partition coefficient (Wildman–Crippen LogP) is 2.87. The number of rotatable bonds is 5. The number of thioether (sulfide) groups is 1. The van der Waals surface area contributed by atoms with Gasteiger partial charge in [-0.15, -0.1) is 0 Å². The van der Waals surface area contributed by atoms with Gasteiger partial charge in [-0.25, -0.2) is 4.79 Å². The normalized spacial score (nSPS) is 11.9. The highest BCUT2D eigenvalue weighted by atomic mass is 32.2. The van der Waals surface area contributed by atoms with Crippen molar-refractivity contribution in [2.24, 2.45) is 0 Å². The summed E-state index contributed by atoms with van der Waals surface area (Å²) in [5, 5.41) is 2.85. The first kappa shape index (κ1) is 14.7. The summed E-state index contributed by atoms with van der Waals surface area (Å²) in [4.78, 5) is 13.8. The van der Waals surface area contributed by atoms with Crippen molar-refractivity contribution in [3.63, 3.8) is 0 Å². The third kappa shape index (κ3) is 4.14. The number of carbonyl (C=O) groups excluding carboxylic acids is 1. The average molecular weight is 267 g/mol. The van der Waals surface area contributed by atoms with E-state index in [0.717, 1.165) is 17.9 Å². The molecule has 1 aromatic rings. The van der Waals surface area contributed by atoms with E-state index in [9.17, 15) is 4.79 Å². The topological polar surface area (TPSA) is 58.4 Å².